The lowest BCUT2D eigenvalue weighted by molar-refractivity contribution is -0.131. The lowest BCUT2D eigenvalue weighted by Crippen LogP contribution is -2.39. The largest absolute Gasteiger partial charge is 0.340 e. The van der Waals surface area contributed by atoms with Crippen molar-refractivity contribution in [3.05, 3.63) is 100 Å². The fourth-order valence-electron chi connectivity index (χ4n) is 4.80. The first-order valence-corrected chi connectivity index (χ1v) is 12.3. The Hall–Kier alpha value is -4.04. The summed E-state index contributed by atoms with van der Waals surface area (Å²) in [5.74, 6) is 0.424. The molecule has 0 bridgehead atoms. The fourth-order valence-corrected chi connectivity index (χ4v) is 4.92. The third-order valence-electron chi connectivity index (χ3n) is 6.71. The van der Waals surface area contributed by atoms with Crippen molar-refractivity contribution in [3.8, 4) is 11.3 Å². The van der Waals surface area contributed by atoms with E-state index in [0.717, 1.165) is 16.8 Å². The number of hydrogen-bond donors (Lipinski definition) is 1. The Kier molecular flexibility index (Phi) is 5.96. The van der Waals surface area contributed by atoms with Crippen LogP contribution in [-0.4, -0.2) is 32.6 Å². The highest BCUT2D eigenvalue weighted by Crippen LogP contribution is 2.34. The summed E-state index contributed by atoms with van der Waals surface area (Å²) < 4.78 is 29.7. The van der Waals surface area contributed by atoms with Crippen LogP contribution in [0.15, 0.2) is 71.7 Å². The lowest BCUT2D eigenvalue weighted by atomic mass is 10.0. The number of aromatic nitrogens is 2. The first-order chi connectivity index (χ1) is 18.0. The predicted octanol–water partition coefficient (Wildman–Crippen LogP) is 5.96. The van der Waals surface area contributed by atoms with Crippen molar-refractivity contribution in [1.29, 1.82) is 0 Å². The lowest BCUT2D eigenvalue weighted by Gasteiger charge is -2.29. The van der Waals surface area contributed by atoms with Crippen LogP contribution in [0.25, 0.3) is 11.3 Å². The topological polar surface area (TPSA) is 62.5 Å². The molecule has 1 N–H and O–H groups in total. The fraction of sp³-hybridized carbons (Fsp3) is 0.179. The summed E-state index contributed by atoms with van der Waals surface area (Å²) in [6, 6.07) is 18.5. The zero-order chi connectivity index (χ0) is 25.5. The summed E-state index contributed by atoms with van der Waals surface area (Å²) in [5.41, 5.74) is 4.79. The minimum Gasteiger partial charge on any atom is -0.340 e. The van der Waals surface area contributed by atoms with Crippen LogP contribution in [0.1, 0.15) is 23.4 Å². The molecule has 3 aromatic carbocycles. The first kappa shape index (κ1) is 23.4. The van der Waals surface area contributed by atoms with E-state index in [1.165, 1.54) is 24.3 Å². The Labute approximate surface area is 217 Å². The summed E-state index contributed by atoms with van der Waals surface area (Å²) in [6.45, 7) is 1.91. The molecule has 37 heavy (non-hydrogen) atoms. The summed E-state index contributed by atoms with van der Waals surface area (Å²) in [7, 11) is 0. The Morgan fingerprint density at radius 2 is 1.84 bits per heavy atom. The molecule has 6 nitrogen and oxygen atoms in total. The molecule has 0 saturated carbocycles. The van der Waals surface area contributed by atoms with Gasteiger partial charge in [0.05, 0.1) is 30.2 Å². The van der Waals surface area contributed by atoms with Crippen molar-refractivity contribution in [1.82, 2.24) is 14.5 Å². The van der Waals surface area contributed by atoms with Gasteiger partial charge in [-0.1, -0.05) is 35.9 Å². The van der Waals surface area contributed by atoms with Crippen LogP contribution in [0.2, 0.25) is 5.02 Å². The van der Waals surface area contributed by atoms with E-state index >= 15 is 0 Å². The van der Waals surface area contributed by atoms with Gasteiger partial charge >= 0.3 is 0 Å². The van der Waals surface area contributed by atoms with E-state index in [9.17, 15) is 13.6 Å². The Morgan fingerprint density at radius 3 is 2.65 bits per heavy atom. The molecule has 2 aliphatic rings. The van der Waals surface area contributed by atoms with Crippen LogP contribution in [0.5, 0.6) is 0 Å². The molecular weight excluding hydrogens is 496 g/mol. The zero-order valence-electron chi connectivity index (χ0n) is 19.7. The zero-order valence-corrected chi connectivity index (χ0v) is 20.5. The monoisotopic (exact) mass is 517 g/mol. The second-order valence-electron chi connectivity index (χ2n) is 9.05. The van der Waals surface area contributed by atoms with Crippen LogP contribution in [-0.2, 0) is 24.4 Å². The summed E-state index contributed by atoms with van der Waals surface area (Å²) in [4.78, 5) is 24.4. The number of hydrogen-bond acceptors (Lipinski definition) is 4. The maximum absolute atomic E-state index is 14.1. The van der Waals surface area contributed by atoms with Gasteiger partial charge < -0.3 is 14.8 Å². The summed E-state index contributed by atoms with van der Waals surface area (Å²) >= 11 is 5.85. The Bertz CT molecular complexity index is 1550. The number of imidazole rings is 1. The smallest absolute Gasteiger partial charge is 0.229 e. The van der Waals surface area contributed by atoms with E-state index in [1.54, 1.807) is 23.1 Å². The van der Waals surface area contributed by atoms with Crippen molar-refractivity contribution in [2.75, 3.05) is 11.9 Å². The van der Waals surface area contributed by atoms with E-state index in [-0.39, 0.29) is 23.2 Å². The maximum Gasteiger partial charge on any atom is 0.229 e. The molecule has 0 spiro atoms. The maximum atomic E-state index is 14.1. The molecule has 186 valence electrons. The first-order valence-electron chi connectivity index (χ1n) is 11.9. The van der Waals surface area contributed by atoms with E-state index < -0.39 is 5.82 Å². The Balaban J connectivity index is 1.29. The van der Waals surface area contributed by atoms with E-state index in [4.69, 9.17) is 16.6 Å². The quantitative estimate of drug-likeness (QED) is 0.355. The number of amides is 1. The highest BCUT2D eigenvalue weighted by atomic mass is 35.5. The number of benzene rings is 3. The number of carbonyl (C=O) groups is 1. The van der Waals surface area contributed by atoms with E-state index in [1.807, 2.05) is 28.8 Å². The van der Waals surface area contributed by atoms with Gasteiger partial charge in [0.2, 0.25) is 5.91 Å². The van der Waals surface area contributed by atoms with Crippen molar-refractivity contribution in [3.63, 3.8) is 0 Å². The molecule has 6 rings (SSSR count). The van der Waals surface area contributed by atoms with Gasteiger partial charge in [-0.2, -0.15) is 0 Å². The third-order valence-corrected chi connectivity index (χ3v) is 7.02. The second-order valence-corrected chi connectivity index (χ2v) is 9.46. The minimum absolute atomic E-state index is 0.0117. The van der Waals surface area contributed by atoms with Gasteiger partial charge in [0.15, 0.2) is 0 Å². The molecule has 3 heterocycles. The normalized spacial score (nSPS) is 14.2. The number of halogens is 3. The molecule has 0 aliphatic carbocycles. The van der Waals surface area contributed by atoms with Gasteiger partial charge in [-0.15, -0.1) is 0 Å². The number of aliphatic imine (C=N–C) groups is 1. The van der Waals surface area contributed by atoms with Crippen molar-refractivity contribution < 1.29 is 13.6 Å². The number of anilines is 2. The third kappa shape index (κ3) is 4.49. The van der Waals surface area contributed by atoms with Gasteiger partial charge in [-0.3, -0.25) is 9.79 Å². The molecule has 2 aliphatic heterocycles. The van der Waals surface area contributed by atoms with Gasteiger partial charge in [-0.25, -0.2) is 13.8 Å². The molecule has 0 unspecified atom stereocenters. The van der Waals surface area contributed by atoms with Crippen LogP contribution in [0, 0.1) is 11.6 Å². The molecule has 9 heteroatoms. The highest BCUT2D eigenvalue weighted by molar-refractivity contribution is 6.30. The predicted molar refractivity (Wildman–Crippen MR) is 139 cm³/mol. The number of rotatable bonds is 5. The number of carbonyl (C=O) groups excluding carboxylic acids is 1. The molecule has 1 aromatic heterocycles. The average Bonchev–Trinajstić information content (AvgIpc) is 3.48. The molecule has 0 atom stereocenters. The number of nitrogens with zero attached hydrogens (tertiary/aromatic N) is 4. The highest BCUT2D eigenvalue weighted by Gasteiger charge is 2.28. The van der Waals surface area contributed by atoms with E-state index in [2.05, 4.69) is 10.3 Å². The minimum atomic E-state index is -0.540. The Morgan fingerprint density at radius 1 is 1.03 bits per heavy atom. The molecule has 1 amide bonds. The van der Waals surface area contributed by atoms with E-state index in [0.29, 0.717) is 54.8 Å². The molecular formula is C28H22ClF2N5O. The van der Waals surface area contributed by atoms with Crippen molar-refractivity contribution in [2.24, 2.45) is 4.99 Å². The average molecular weight is 518 g/mol. The van der Waals surface area contributed by atoms with Crippen molar-refractivity contribution >= 4 is 34.7 Å². The number of nitrogens with one attached hydrogen (secondary N) is 1. The SMILES string of the molecule is O=C(CC1=NCc2ccccc21)N1CCn2c(nc(-c3ccc(F)cc3)c2Nc2ccc(Cl)c(F)c2)C1. The summed E-state index contributed by atoms with van der Waals surface area (Å²) in [5, 5.41) is 3.29. The van der Waals surface area contributed by atoms with Gasteiger partial charge in [0, 0.05) is 29.9 Å². The molecule has 0 saturated heterocycles. The van der Waals surface area contributed by atoms with Crippen LogP contribution in [0.4, 0.5) is 20.3 Å². The van der Waals surface area contributed by atoms with Gasteiger partial charge in [-0.05, 0) is 48.0 Å². The van der Waals surface area contributed by atoms with Crippen LogP contribution < -0.4 is 5.32 Å². The van der Waals surface area contributed by atoms with Crippen LogP contribution in [0.3, 0.4) is 0 Å². The van der Waals surface area contributed by atoms with Gasteiger partial charge in [0.1, 0.15) is 29.0 Å². The van der Waals surface area contributed by atoms with Crippen LogP contribution >= 0.6 is 11.6 Å². The molecule has 0 fully saturated rings. The molecule has 0 radical (unpaired) electrons. The van der Waals surface area contributed by atoms with Crippen molar-refractivity contribution in [2.45, 2.75) is 26.1 Å². The number of fused-ring (bicyclic) bond motifs is 2. The molecule has 4 aromatic rings. The van der Waals surface area contributed by atoms with Gasteiger partial charge in [0.25, 0.3) is 0 Å². The summed E-state index contributed by atoms with van der Waals surface area (Å²) in [6.07, 6.45) is 0.234. The second kappa shape index (κ2) is 9.44. The standard InChI is InChI=1S/C28H22ClF2N5O/c29-22-10-9-20(13-23(22)31)33-28-27(17-5-7-19(30)8-6-17)34-25-16-35(11-12-36(25)28)26(37)14-24-21-4-2-1-3-18(21)15-32-24/h1-10,13,33H,11-12,14-16H2.